The summed E-state index contributed by atoms with van der Waals surface area (Å²) in [6.45, 7) is 0. The van der Waals surface area contributed by atoms with Gasteiger partial charge in [-0.15, -0.1) is 0 Å². The average molecular weight is 384 g/mol. The second-order valence-corrected chi connectivity index (χ2v) is 8.18. The Morgan fingerprint density at radius 1 is 1.18 bits per heavy atom. The van der Waals surface area contributed by atoms with Crippen LogP contribution in [0.5, 0.6) is 0 Å². The summed E-state index contributed by atoms with van der Waals surface area (Å²) >= 11 is 0. The second kappa shape index (κ2) is 6.57. The normalized spacial score (nSPS) is 22.1. The van der Waals surface area contributed by atoms with Gasteiger partial charge in [0.25, 0.3) is 0 Å². The van der Waals surface area contributed by atoms with Crippen LogP contribution in [-0.4, -0.2) is 32.2 Å². The van der Waals surface area contributed by atoms with Crippen LogP contribution in [0.3, 0.4) is 0 Å². The third-order valence-electron chi connectivity index (χ3n) is 6.04. The predicted molar refractivity (Wildman–Crippen MR) is 101 cm³/mol. The number of halogens is 2. The van der Waals surface area contributed by atoms with Crippen molar-refractivity contribution in [2.45, 2.75) is 69.2 Å². The molecule has 0 spiro atoms. The van der Waals surface area contributed by atoms with Gasteiger partial charge >= 0.3 is 0 Å². The van der Waals surface area contributed by atoms with E-state index >= 15 is 0 Å². The largest absolute Gasteiger partial charge is 0.294 e. The minimum Gasteiger partial charge on any atom is -0.294 e. The van der Waals surface area contributed by atoms with Crippen LogP contribution in [0.15, 0.2) is 29.5 Å². The van der Waals surface area contributed by atoms with Gasteiger partial charge in [0.05, 0.1) is 24.2 Å². The van der Waals surface area contributed by atoms with Gasteiger partial charge in [0.2, 0.25) is 5.92 Å². The number of ketones is 1. The van der Waals surface area contributed by atoms with Gasteiger partial charge in [-0.1, -0.05) is 6.07 Å². The van der Waals surface area contributed by atoms with Gasteiger partial charge in [0.15, 0.2) is 11.6 Å². The molecular formula is C21H22F2N4O. The molecule has 0 N–H and O–H groups in total. The number of Topliss-reactive ketones (excluding diaryl/α,β-unsaturated/α-hetero) is 1. The number of aromatic nitrogens is 3. The highest BCUT2D eigenvalue weighted by molar-refractivity contribution is 6.15. The summed E-state index contributed by atoms with van der Waals surface area (Å²) in [6, 6.07) is 3.94. The SMILES string of the molecule is O=C1CC(Cc2ncccc2C2CC2)=Nc2c1cnn2C1CCC(F)(F)CC1. The van der Waals surface area contributed by atoms with Crippen LogP contribution < -0.4 is 0 Å². The first-order valence-electron chi connectivity index (χ1n) is 9.99. The average Bonchev–Trinajstić information content (AvgIpc) is 3.42. The number of aliphatic imine (C=N–C) groups is 1. The van der Waals surface area contributed by atoms with Crippen LogP contribution in [0.1, 0.15) is 78.5 Å². The fraction of sp³-hybridized carbons (Fsp3) is 0.524. The van der Waals surface area contributed by atoms with Gasteiger partial charge in [-0.3, -0.25) is 9.78 Å². The van der Waals surface area contributed by atoms with Crippen molar-refractivity contribution in [3.8, 4) is 0 Å². The molecule has 5 rings (SSSR count). The van der Waals surface area contributed by atoms with Crippen molar-refractivity contribution in [1.82, 2.24) is 14.8 Å². The Morgan fingerprint density at radius 3 is 2.71 bits per heavy atom. The molecule has 3 heterocycles. The molecule has 0 radical (unpaired) electrons. The number of nitrogens with zero attached hydrogens (tertiary/aromatic N) is 4. The fourth-order valence-corrected chi connectivity index (χ4v) is 4.33. The number of carbonyl (C=O) groups excluding carboxylic acids is 1. The van der Waals surface area contributed by atoms with Gasteiger partial charge in [-0.05, 0) is 43.2 Å². The number of hydrogen-bond acceptors (Lipinski definition) is 4. The molecule has 28 heavy (non-hydrogen) atoms. The van der Waals surface area contributed by atoms with E-state index in [0.717, 1.165) is 11.4 Å². The van der Waals surface area contributed by atoms with E-state index in [1.54, 1.807) is 17.1 Å². The smallest absolute Gasteiger partial charge is 0.248 e. The van der Waals surface area contributed by atoms with E-state index < -0.39 is 5.92 Å². The molecule has 2 fully saturated rings. The first kappa shape index (κ1) is 17.6. The van der Waals surface area contributed by atoms with Gasteiger partial charge in [0, 0.05) is 36.9 Å². The lowest BCUT2D eigenvalue weighted by molar-refractivity contribution is -0.0448. The third kappa shape index (κ3) is 3.27. The van der Waals surface area contributed by atoms with Crippen LogP contribution in [0.4, 0.5) is 14.6 Å². The molecule has 1 aliphatic heterocycles. The Hall–Kier alpha value is -2.44. The second-order valence-electron chi connectivity index (χ2n) is 8.18. The predicted octanol–water partition coefficient (Wildman–Crippen LogP) is 4.81. The molecule has 3 aliphatic rings. The summed E-state index contributed by atoms with van der Waals surface area (Å²) in [5, 5.41) is 4.35. The van der Waals surface area contributed by atoms with Gasteiger partial charge in [-0.25, -0.2) is 18.5 Å². The van der Waals surface area contributed by atoms with Crippen LogP contribution in [-0.2, 0) is 6.42 Å². The molecule has 2 saturated carbocycles. The van der Waals surface area contributed by atoms with Crippen molar-refractivity contribution >= 4 is 17.3 Å². The molecule has 0 bridgehead atoms. The molecule has 7 heteroatoms. The van der Waals surface area contributed by atoms with Crippen molar-refractivity contribution in [3.05, 3.63) is 41.3 Å². The van der Waals surface area contributed by atoms with Crippen LogP contribution in [0, 0.1) is 0 Å². The molecular weight excluding hydrogens is 362 g/mol. The lowest BCUT2D eigenvalue weighted by Gasteiger charge is -2.29. The summed E-state index contributed by atoms with van der Waals surface area (Å²) in [5.74, 6) is -1.48. The highest BCUT2D eigenvalue weighted by atomic mass is 19.3. The minimum absolute atomic E-state index is 0.00343. The number of rotatable bonds is 4. The van der Waals surface area contributed by atoms with Crippen molar-refractivity contribution in [2.24, 2.45) is 4.99 Å². The van der Waals surface area contributed by atoms with E-state index in [9.17, 15) is 13.6 Å². The molecule has 0 amide bonds. The number of pyridine rings is 1. The van der Waals surface area contributed by atoms with E-state index in [2.05, 4.69) is 16.1 Å². The molecule has 2 aromatic heterocycles. The monoisotopic (exact) mass is 384 g/mol. The minimum atomic E-state index is -2.59. The maximum Gasteiger partial charge on any atom is 0.248 e. The Morgan fingerprint density at radius 2 is 1.96 bits per heavy atom. The maximum atomic E-state index is 13.5. The topological polar surface area (TPSA) is 60.1 Å². The van der Waals surface area contributed by atoms with E-state index in [-0.39, 0.29) is 31.1 Å². The fourth-order valence-electron chi connectivity index (χ4n) is 4.33. The van der Waals surface area contributed by atoms with E-state index in [4.69, 9.17) is 4.99 Å². The van der Waals surface area contributed by atoms with Crippen molar-refractivity contribution in [1.29, 1.82) is 0 Å². The Kier molecular flexibility index (Phi) is 4.14. The number of alkyl halides is 2. The van der Waals surface area contributed by atoms with Gasteiger partial charge < -0.3 is 0 Å². The molecule has 5 nitrogen and oxygen atoms in total. The zero-order valence-corrected chi connectivity index (χ0v) is 15.6. The van der Waals surface area contributed by atoms with Gasteiger partial charge in [0.1, 0.15) is 0 Å². The van der Waals surface area contributed by atoms with E-state index in [1.165, 1.54) is 18.4 Å². The number of hydrogen-bond donors (Lipinski definition) is 0. The molecule has 0 saturated heterocycles. The van der Waals surface area contributed by atoms with E-state index in [1.807, 2.05) is 6.07 Å². The summed E-state index contributed by atoms with van der Waals surface area (Å²) in [6.07, 6.45) is 6.93. The highest BCUT2D eigenvalue weighted by Crippen LogP contribution is 2.42. The van der Waals surface area contributed by atoms with Crippen LogP contribution >= 0.6 is 0 Å². The summed E-state index contributed by atoms with van der Waals surface area (Å²) in [5.41, 5.74) is 3.53. The molecule has 146 valence electrons. The standard InChI is InChI=1S/C21H22F2N4O/c22-21(23)7-5-15(6-8-21)27-20-17(12-25-27)19(28)11-14(26-20)10-18-16(13-3-4-13)2-1-9-24-18/h1-2,9,12-13,15H,3-8,10-11H2. The van der Waals surface area contributed by atoms with Crippen molar-refractivity contribution in [3.63, 3.8) is 0 Å². The molecule has 0 atom stereocenters. The first-order valence-corrected chi connectivity index (χ1v) is 9.99. The zero-order valence-electron chi connectivity index (χ0n) is 15.6. The molecule has 0 aromatic carbocycles. The summed E-state index contributed by atoms with van der Waals surface area (Å²) in [7, 11) is 0. The lowest BCUT2D eigenvalue weighted by atomic mass is 9.92. The zero-order chi connectivity index (χ0) is 19.3. The van der Waals surface area contributed by atoms with Crippen molar-refractivity contribution in [2.75, 3.05) is 0 Å². The maximum absolute atomic E-state index is 13.5. The lowest BCUT2D eigenvalue weighted by Crippen LogP contribution is -2.27. The highest BCUT2D eigenvalue weighted by Gasteiger charge is 2.37. The first-order chi connectivity index (χ1) is 13.5. The number of fused-ring (bicyclic) bond motifs is 1. The van der Waals surface area contributed by atoms with Gasteiger partial charge in [-0.2, -0.15) is 5.10 Å². The Labute approximate surface area is 161 Å². The third-order valence-corrected chi connectivity index (χ3v) is 6.04. The van der Waals surface area contributed by atoms with E-state index in [0.29, 0.717) is 36.6 Å². The molecule has 2 aliphatic carbocycles. The summed E-state index contributed by atoms with van der Waals surface area (Å²) < 4.78 is 28.7. The quantitative estimate of drug-likeness (QED) is 0.760. The molecule has 0 unspecified atom stereocenters. The molecule has 2 aromatic rings. The Bertz CT molecular complexity index is 951. The number of carbonyl (C=O) groups is 1. The Balaban J connectivity index is 1.43. The summed E-state index contributed by atoms with van der Waals surface area (Å²) in [4.78, 5) is 21.9. The van der Waals surface area contributed by atoms with Crippen LogP contribution in [0.25, 0.3) is 0 Å². The van der Waals surface area contributed by atoms with Crippen LogP contribution in [0.2, 0.25) is 0 Å². The van der Waals surface area contributed by atoms with Crippen molar-refractivity contribution < 1.29 is 13.6 Å².